The van der Waals surface area contributed by atoms with Gasteiger partial charge >= 0.3 is 21.3 Å². The quantitative estimate of drug-likeness (QED) is 0.108. The molecular weight excluding hydrogens is 414 g/mol. The van der Waals surface area contributed by atoms with Gasteiger partial charge in [0.05, 0.1) is 29.8 Å². The number of rotatable bonds is 15. The smallest absolute Gasteiger partial charge is 0.373 e. The summed E-state index contributed by atoms with van der Waals surface area (Å²) in [6, 6.07) is -0.0756. The molecule has 12 heteroatoms. The van der Waals surface area contributed by atoms with E-state index >= 15 is 0 Å². The summed E-state index contributed by atoms with van der Waals surface area (Å²) >= 11 is 0. The Morgan fingerprint density at radius 3 is 1.52 bits per heavy atom. The molecule has 0 aromatic heterocycles. The number of alkyl halides is 4. The van der Waals surface area contributed by atoms with Crippen molar-refractivity contribution in [2.45, 2.75) is 85.8 Å². The molecule has 0 radical (unpaired) electrons. The number of hydrogen-bond acceptors (Lipinski definition) is 7. The Balaban J connectivity index is 5.49. The number of nitrogens with zero attached hydrogens (tertiary/aromatic N) is 3. The molecule has 0 saturated carbocycles. The van der Waals surface area contributed by atoms with E-state index in [0.29, 0.717) is 36.4 Å². The van der Waals surface area contributed by atoms with Crippen LogP contribution >= 0.6 is 0 Å². The molecule has 0 amide bonds. The van der Waals surface area contributed by atoms with Gasteiger partial charge in [0, 0.05) is 0 Å². The lowest BCUT2D eigenvalue weighted by atomic mass is 10.3. The van der Waals surface area contributed by atoms with E-state index in [1.54, 1.807) is 20.8 Å². The maximum atomic E-state index is 12.9. The molecule has 0 spiro atoms. The lowest BCUT2D eigenvalue weighted by Gasteiger charge is -2.23. The zero-order valence-corrected chi connectivity index (χ0v) is 18.8. The molecule has 0 saturated heterocycles. The van der Waals surface area contributed by atoms with E-state index in [1.165, 1.54) is 0 Å². The highest BCUT2D eigenvalue weighted by Gasteiger charge is 2.52. The molecular formula is C17H31F4N3O4Si. The standard InChI is InChI=1S/C17H31F4N3O4Si/c1-7-13(4)22-26-29(27-23-14(5)8-2,28-24-15(6)9-3)12-10-11-25-17(20,21)16(18)19/h16H,7-12H2,1-6H3/b22-13+,23-14+,24-15+. The van der Waals surface area contributed by atoms with Crippen molar-refractivity contribution in [3.05, 3.63) is 0 Å². The fourth-order valence-corrected chi connectivity index (χ4v) is 3.22. The molecule has 0 aliphatic carbocycles. The van der Waals surface area contributed by atoms with Crippen LogP contribution in [0.1, 0.15) is 67.2 Å². The Hall–Kier alpha value is -1.69. The summed E-state index contributed by atoms with van der Waals surface area (Å²) in [7, 11) is -3.73. The van der Waals surface area contributed by atoms with Gasteiger partial charge in [0.15, 0.2) is 0 Å². The molecule has 0 bridgehead atoms. The largest absolute Gasteiger partial charge is 0.762 e. The number of oxime groups is 3. The Bertz CT molecular complexity index is 520. The van der Waals surface area contributed by atoms with Crippen LogP contribution in [-0.4, -0.2) is 45.1 Å². The fourth-order valence-electron chi connectivity index (χ4n) is 1.38. The third kappa shape index (κ3) is 11.2. The van der Waals surface area contributed by atoms with Crippen LogP contribution in [0.15, 0.2) is 15.5 Å². The third-order valence-corrected chi connectivity index (χ3v) is 5.81. The van der Waals surface area contributed by atoms with Crippen LogP contribution in [0.4, 0.5) is 17.6 Å². The van der Waals surface area contributed by atoms with Crippen LogP contribution in [0.5, 0.6) is 0 Å². The van der Waals surface area contributed by atoms with E-state index in [0.717, 1.165) is 0 Å². The predicted molar refractivity (Wildman–Crippen MR) is 106 cm³/mol. The summed E-state index contributed by atoms with van der Waals surface area (Å²) in [5.74, 6) is 0. The molecule has 0 atom stereocenters. The Kier molecular flexibility index (Phi) is 12.7. The van der Waals surface area contributed by atoms with Crippen molar-refractivity contribution in [2.75, 3.05) is 6.61 Å². The van der Waals surface area contributed by atoms with Crippen molar-refractivity contribution >= 4 is 25.9 Å². The van der Waals surface area contributed by atoms with E-state index in [4.69, 9.17) is 13.6 Å². The van der Waals surface area contributed by atoms with Crippen molar-refractivity contribution in [1.82, 2.24) is 0 Å². The summed E-state index contributed by atoms with van der Waals surface area (Å²) in [5, 5.41) is 11.9. The van der Waals surface area contributed by atoms with Crippen LogP contribution in [-0.2, 0) is 18.3 Å². The first kappa shape index (κ1) is 27.3. The molecule has 29 heavy (non-hydrogen) atoms. The van der Waals surface area contributed by atoms with Gasteiger partial charge in [-0.2, -0.15) is 8.78 Å². The molecule has 0 rings (SSSR count). The summed E-state index contributed by atoms with van der Waals surface area (Å²) < 4.78 is 70.9. The molecule has 0 fully saturated rings. The van der Waals surface area contributed by atoms with Crippen LogP contribution < -0.4 is 0 Å². The molecule has 0 unspecified atom stereocenters. The van der Waals surface area contributed by atoms with Gasteiger partial charge in [0.2, 0.25) is 0 Å². The second-order valence-electron chi connectivity index (χ2n) is 6.31. The molecule has 0 aliphatic rings. The van der Waals surface area contributed by atoms with Crippen LogP contribution in [0.3, 0.4) is 0 Å². The lowest BCUT2D eigenvalue weighted by Crippen LogP contribution is -2.43. The first-order valence-electron chi connectivity index (χ1n) is 9.46. The van der Waals surface area contributed by atoms with Gasteiger partial charge in [-0.25, -0.2) is 8.78 Å². The van der Waals surface area contributed by atoms with Gasteiger partial charge in [-0.15, -0.1) is 15.5 Å². The highest BCUT2D eigenvalue weighted by atomic mass is 28.4. The molecule has 0 heterocycles. The monoisotopic (exact) mass is 445 g/mol. The number of ether oxygens (including phenoxy) is 1. The van der Waals surface area contributed by atoms with Gasteiger partial charge in [-0.3, -0.25) is 0 Å². The van der Waals surface area contributed by atoms with E-state index in [2.05, 4.69) is 20.2 Å². The minimum Gasteiger partial charge on any atom is -0.373 e. The van der Waals surface area contributed by atoms with Gasteiger partial charge < -0.3 is 18.3 Å². The normalized spacial score (nSPS) is 14.4. The summed E-state index contributed by atoms with van der Waals surface area (Å²) in [4.78, 5) is 0. The van der Waals surface area contributed by atoms with Crippen molar-refractivity contribution in [3.63, 3.8) is 0 Å². The summed E-state index contributed by atoms with van der Waals surface area (Å²) in [6.07, 6.45) is -6.76. The summed E-state index contributed by atoms with van der Waals surface area (Å²) in [5.41, 5.74) is 1.92. The number of hydrogen-bond donors (Lipinski definition) is 0. The molecule has 0 aromatic rings. The average Bonchev–Trinajstić information content (AvgIpc) is 2.70. The minimum atomic E-state index is -4.53. The predicted octanol–water partition coefficient (Wildman–Crippen LogP) is 5.60. The van der Waals surface area contributed by atoms with E-state index in [-0.39, 0.29) is 12.5 Å². The minimum absolute atomic E-state index is 0.0756. The Labute approximate surface area is 170 Å². The molecule has 7 nitrogen and oxygen atoms in total. The molecule has 170 valence electrons. The topological polar surface area (TPSA) is 74.0 Å². The first-order chi connectivity index (χ1) is 13.5. The van der Waals surface area contributed by atoms with Crippen LogP contribution in [0.2, 0.25) is 6.04 Å². The second-order valence-corrected chi connectivity index (χ2v) is 8.73. The van der Waals surface area contributed by atoms with Gasteiger partial charge in [0.1, 0.15) is 0 Å². The van der Waals surface area contributed by atoms with E-state index in [1.807, 2.05) is 20.8 Å². The van der Waals surface area contributed by atoms with Gasteiger partial charge in [-0.05, 0) is 46.5 Å². The molecule has 0 aliphatic heterocycles. The first-order valence-corrected chi connectivity index (χ1v) is 11.4. The second kappa shape index (κ2) is 13.5. The third-order valence-electron chi connectivity index (χ3n) is 3.73. The number of halogens is 4. The highest BCUT2D eigenvalue weighted by molar-refractivity contribution is 6.60. The van der Waals surface area contributed by atoms with Gasteiger partial charge in [-0.1, -0.05) is 20.8 Å². The molecule has 0 N–H and O–H groups in total. The zero-order chi connectivity index (χ0) is 22.5. The Morgan fingerprint density at radius 2 is 1.21 bits per heavy atom. The van der Waals surface area contributed by atoms with E-state index < -0.39 is 27.9 Å². The van der Waals surface area contributed by atoms with Crippen molar-refractivity contribution in [2.24, 2.45) is 15.5 Å². The highest BCUT2D eigenvalue weighted by Crippen LogP contribution is 2.26. The van der Waals surface area contributed by atoms with Crippen molar-refractivity contribution < 1.29 is 35.9 Å². The maximum Gasteiger partial charge on any atom is 0.762 e. The Morgan fingerprint density at radius 1 is 0.828 bits per heavy atom. The average molecular weight is 446 g/mol. The van der Waals surface area contributed by atoms with Crippen molar-refractivity contribution in [3.8, 4) is 0 Å². The SMILES string of the molecule is CC/C(C)=N/O[Si](CCCOC(F)(F)C(F)F)(O/N=C(\C)CC)O/N=C(\C)CC. The van der Waals surface area contributed by atoms with Crippen LogP contribution in [0, 0.1) is 0 Å². The fraction of sp³-hybridized carbons (Fsp3) is 0.824. The van der Waals surface area contributed by atoms with Crippen molar-refractivity contribution in [1.29, 1.82) is 0 Å². The van der Waals surface area contributed by atoms with Crippen LogP contribution in [0.25, 0.3) is 0 Å². The maximum absolute atomic E-state index is 12.9. The van der Waals surface area contributed by atoms with E-state index in [9.17, 15) is 17.6 Å². The summed E-state index contributed by atoms with van der Waals surface area (Å²) in [6.45, 7) is 10.1. The van der Waals surface area contributed by atoms with Gasteiger partial charge in [0.25, 0.3) is 0 Å². The zero-order valence-electron chi connectivity index (χ0n) is 17.8. The lowest BCUT2D eigenvalue weighted by molar-refractivity contribution is -0.300. The molecule has 0 aromatic carbocycles.